The van der Waals surface area contributed by atoms with Crippen LogP contribution in [0.4, 0.5) is 0 Å². The van der Waals surface area contributed by atoms with E-state index in [1.165, 1.54) is 32.7 Å². The molecule has 0 saturated carbocycles. The summed E-state index contributed by atoms with van der Waals surface area (Å²) in [5, 5.41) is 5.01. The zero-order chi connectivity index (χ0) is 23.0. The smallest absolute Gasteiger partial charge is 0.0525 e. The van der Waals surface area contributed by atoms with Gasteiger partial charge in [0.2, 0.25) is 0 Å². The van der Waals surface area contributed by atoms with E-state index in [0.717, 1.165) is 24.2 Å². The van der Waals surface area contributed by atoms with Crippen LogP contribution in [0.2, 0.25) is 0 Å². The second kappa shape index (κ2) is 10.5. The Bertz CT molecular complexity index is 1360. The number of hydrogen-bond donors (Lipinski definition) is 0. The first-order valence-electron chi connectivity index (χ1n) is 11.6. The van der Waals surface area contributed by atoms with Crippen molar-refractivity contribution >= 4 is 21.5 Å². The van der Waals surface area contributed by atoms with Gasteiger partial charge in [0.05, 0.1) is 11.4 Å². The Morgan fingerprint density at radius 3 is 1.21 bits per heavy atom. The van der Waals surface area contributed by atoms with Crippen LogP contribution in [0.25, 0.3) is 21.5 Å². The lowest BCUT2D eigenvalue weighted by Crippen LogP contribution is -1.93. The Kier molecular flexibility index (Phi) is 6.68. The average Bonchev–Trinajstić information content (AvgIpc) is 2.91. The van der Waals surface area contributed by atoms with E-state index in [9.17, 15) is 0 Å². The first kappa shape index (κ1) is 21.5. The molecule has 6 aromatic rings. The Morgan fingerprint density at radius 1 is 0.382 bits per heavy atom. The van der Waals surface area contributed by atoms with Gasteiger partial charge in [-0.3, -0.25) is 9.97 Å². The van der Waals surface area contributed by atoms with Gasteiger partial charge in [-0.2, -0.15) is 0 Å². The van der Waals surface area contributed by atoms with E-state index < -0.39 is 0 Å². The molecular weight excluding hydrogens is 412 g/mol. The van der Waals surface area contributed by atoms with Crippen molar-refractivity contribution in [3.8, 4) is 0 Å². The first-order valence-corrected chi connectivity index (χ1v) is 11.6. The Balaban J connectivity index is 0.000000142. The zero-order valence-electron chi connectivity index (χ0n) is 19.0. The second-order valence-electron chi connectivity index (χ2n) is 8.28. The highest BCUT2D eigenvalue weighted by Gasteiger charge is 2.03. The maximum absolute atomic E-state index is 4.50. The molecule has 2 heterocycles. The molecule has 0 bridgehead atoms. The number of fused-ring (bicyclic) bond motifs is 2. The molecule has 34 heavy (non-hydrogen) atoms. The molecule has 0 radical (unpaired) electrons. The molecule has 0 atom stereocenters. The summed E-state index contributed by atoms with van der Waals surface area (Å²) in [6.45, 7) is 0. The Hall–Kier alpha value is -4.30. The molecule has 164 valence electrons. The highest BCUT2D eigenvalue weighted by Crippen LogP contribution is 2.20. The second-order valence-corrected chi connectivity index (χ2v) is 8.28. The van der Waals surface area contributed by atoms with E-state index in [4.69, 9.17) is 0 Å². The minimum absolute atomic E-state index is 0.891. The Labute approximate surface area is 200 Å². The number of pyridine rings is 2. The fraction of sp³-hybridized carbons (Fsp3) is 0.0625. The van der Waals surface area contributed by atoms with E-state index in [0.29, 0.717) is 0 Å². The van der Waals surface area contributed by atoms with Gasteiger partial charge in [0, 0.05) is 36.0 Å². The summed E-state index contributed by atoms with van der Waals surface area (Å²) in [6.07, 6.45) is 5.56. The molecule has 2 nitrogen and oxygen atoms in total. The van der Waals surface area contributed by atoms with Gasteiger partial charge < -0.3 is 0 Å². The van der Waals surface area contributed by atoms with E-state index >= 15 is 0 Å². The van der Waals surface area contributed by atoms with Crippen molar-refractivity contribution in [1.29, 1.82) is 0 Å². The molecule has 0 aliphatic carbocycles. The third-order valence-corrected chi connectivity index (χ3v) is 5.94. The van der Waals surface area contributed by atoms with Crippen LogP contribution in [-0.2, 0) is 12.8 Å². The van der Waals surface area contributed by atoms with Crippen LogP contribution in [0.15, 0.2) is 134 Å². The normalized spacial score (nSPS) is 10.6. The van der Waals surface area contributed by atoms with Gasteiger partial charge in [-0.25, -0.2) is 0 Å². The quantitative estimate of drug-likeness (QED) is 0.282. The molecule has 0 amide bonds. The first-order chi connectivity index (χ1) is 16.9. The van der Waals surface area contributed by atoms with Crippen LogP contribution in [-0.4, -0.2) is 9.97 Å². The number of aromatic nitrogens is 2. The van der Waals surface area contributed by atoms with Gasteiger partial charge in [0.15, 0.2) is 0 Å². The number of rotatable bonds is 4. The van der Waals surface area contributed by atoms with Gasteiger partial charge >= 0.3 is 0 Å². The van der Waals surface area contributed by atoms with E-state index in [1.807, 2.05) is 24.5 Å². The summed E-state index contributed by atoms with van der Waals surface area (Å²) in [5.74, 6) is 0. The summed E-state index contributed by atoms with van der Waals surface area (Å²) in [7, 11) is 0. The van der Waals surface area contributed by atoms with Gasteiger partial charge in [0.25, 0.3) is 0 Å². The standard InChI is InChI=1S/2C16H13N/c2*1-2-6-13(7-3-1)12-16-15-9-5-4-8-14(15)10-11-17-16/h2*1-11H,12H2. The number of hydrogen-bond acceptors (Lipinski definition) is 2. The van der Waals surface area contributed by atoms with Crippen LogP contribution in [0.3, 0.4) is 0 Å². The third kappa shape index (κ3) is 5.19. The Morgan fingerprint density at radius 2 is 0.765 bits per heavy atom. The van der Waals surface area contributed by atoms with E-state index in [-0.39, 0.29) is 0 Å². The van der Waals surface area contributed by atoms with Crippen molar-refractivity contribution in [2.45, 2.75) is 12.8 Å². The summed E-state index contributed by atoms with van der Waals surface area (Å²) in [4.78, 5) is 9.00. The van der Waals surface area contributed by atoms with Crippen molar-refractivity contribution in [3.05, 3.63) is 156 Å². The van der Waals surface area contributed by atoms with Gasteiger partial charge in [0.1, 0.15) is 0 Å². The average molecular weight is 439 g/mol. The highest BCUT2D eigenvalue weighted by atomic mass is 14.7. The number of benzene rings is 4. The number of nitrogens with zero attached hydrogens (tertiary/aromatic N) is 2. The van der Waals surface area contributed by atoms with Crippen LogP contribution in [0.5, 0.6) is 0 Å². The van der Waals surface area contributed by atoms with Crippen molar-refractivity contribution < 1.29 is 0 Å². The lowest BCUT2D eigenvalue weighted by atomic mass is 10.0. The molecule has 4 aromatic carbocycles. The predicted molar refractivity (Wildman–Crippen MR) is 142 cm³/mol. The van der Waals surface area contributed by atoms with Crippen molar-refractivity contribution in [2.24, 2.45) is 0 Å². The molecule has 0 unspecified atom stereocenters. The molecule has 0 N–H and O–H groups in total. The SMILES string of the molecule is c1ccc(Cc2nccc3ccccc23)cc1.c1ccc(Cc2nccc3ccccc23)cc1. The van der Waals surface area contributed by atoms with Crippen molar-refractivity contribution in [1.82, 2.24) is 9.97 Å². The molecule has 6 rings (SSSR count). The van der Waals surface area contributed by atoms with Crippen molar-refractivity contribution in [3.63, 3.8) is 0 Å². The summed E-state index contributed by atoms with van der Waals surface area (Å²) < 4.78 is 0. The third-order valence-electron chi connectivity index (χ3n) is 5.94. The molecule has 2 aromatic heterocycles. The molecule has 0 spiro atoms. The van der Waals surface area contributed by atoms with Crippen LogP contribution in [0.1, 0.15) is 22.5 Å². The fourth-order valence-corrected chi connectivity index (χ4v) is 4.22. The highest BCUT2D eigenvalue weighted by molar-refractivity contribution is 5.85. The van der Waals surface area contributed by atoms with Crippen LogP contribution >= 0.6 is 0 Å². The molecule has 0 aliphatic rings. The topological polar surface area (TPSA) is 25.8 Å². The molecular formula is C32H26N2. The zero-order valence-corrected chi connectivity index (χ0v) is 19.0. The molecule has 0 fully saturated rings. The van der Waals surface area contributed by atoms with Crippen molar-refractivity contribution in [2.75, 3.05) is 0 Å². The lowest BCUT2D eigenvalue weighted by Gasteiger charge is -2.05. The molecule has 2 heteroatoms. The molecule has 0 aliphatic heterocycles. The maximum atomic E-state index is 4.50. The maximum Gasteiger partial charge on any atom is 0.0525 e. The summed E-state index contributed by atoms with van der Waals surface area (Å²) >= 11 is 0. The minimum atomic E-state index is 0.891. The van der Waals surface area contributed by atoms with Crippen LogP contribution < -0.4 is 0 Å². The fourth-order valence-electron chi connectivity index (χ4n) is 4.22. The summed E-state index contributed by atoms with van der Waals surface area (Å²) in [5.41, 5.74) is 4.90. The monoisotopic (exact) mass is 438 g/mol. The van der Waals surface area contributed by atoms with E-state index in [1.54, 1.807) is 0 Å². The molecule has 0 saturated heterocycles. The minimum Gasteiger partial charge on any atom is -0.260 e. The largest absolute Gasteiger partial charge is 0.260 e. The lowest BCUT2D eigenvalue weighted by molar-refractivity contribution is 1.10. The van der Waals surface area contributed by atoms with Crippen LogP contribution in [0, 0.1) is 0 Å². The summed E-state index contributed by atoms with van der Waals surface area (Å²) in [6, 6.07) is 41.9. The van der Waals surface area contributed by atoms with Gasteiger partial charge in [-0.15, -0.1) is 0 Å². The predicted octanol–water partition coefficient (Wildman–Crippen LogP) is 7.65. The van der Waals surface area contributed by atoms with E-state index in [2.05, 4.69) is 119 Å². The van der Waals surface area contributed by atoms with Gasteiger partial charge in [-0.05, 0) is 34.0 Å². The van der Waals surface area contributed by atoms with Gasteiger partial charge in [-0.1, -0.05) is 109 Å².